The van der Waals surface area contributed by atoms with Crippen LogP contribution in [0.25, 0.3) is 11.4 Å². The van der Waals surface area contributed by atoms with E-state index >= 15 is 0 Å². The van der Waals surface area contributed by atoms with E-state index in [2.05, 4.69) is 41.0 Å². The van der Waals surface area contributed by atoms with Gasteiger partial charge >= 0.3 is 0 Å². The Labute approximate surface area is 122 Å². The highest BCUT2D eigenvalue weighted by atomic mass is 79.9. The zero-order valence-corrected chi connectivity index (χ0v) is 11.9. The summed E-state index contributed by atoms with van der Waals surface area (Å²) in [7, 11) is 0. The van der Waals surface area contributed by atoms with Gasteiger partial charge in [-0.15, -0.1) is 0 Å². The third-order valence-electron chi connectivity index (χ3n) is 2.72. The minimum Gasteiger partial charge on any atom is -0.348 e. The summed E-state index contributed by atoms with van der Waals surface area (Å²) in [6, 6.07) is 1.49. The maximum absolute atomic E-state index is 6.04. The Hall–Kier alpha value is -2.06. The van der Waals surface area contributed by atoms with Crippen molar-refractivity contribution in [2.75, 3.05) is 0 Å². The molecule has 0 aliphatic carbocycles. The van der Waals surface area contributed by atoms with Crippen LogP contribution in [-0.4, -0.2) is 25.1 Å². The SMILES string of the molecule is NC(Cc1cnc[nH]1)c1nc(-c2cncc(Br)c2)no1. The second-order valence-corrected chi connectivity index (χ2v) is 5.15. The van der Waals surface area contributed by atoms with Gasteiger partial charge in [0.05, 0.1) is 12.4 Å². The molecule has 3 aromatic rings. The van der Waals surface area contributed by atoms with Gasteiger partial charge in [0.25, 0.3) is 0 Å². The summed E-state index contributed by atoms with van der Waals surface area (Å²) in [6.07, 6.45) is 7.23. The van der Waals surface area contributed by atoms with Gasteiger partial charge in [-0.05, 0) is 22.0 Å². The molecule has 7 nitrogen and oxygen atoms in total. The fourth-order valence-corrected chi connectivity index (χ4v) is 2.12. The largest absolute Gasteiger partial charge is 0.348 e. The molecule has 3 heterocycles. The first-order valence-corrected chi connectivity index (χ1v) is 6.69. The Morgan fingerprint density at radius 2 is 2.20 bits per heavy atom. The van der Waals surface area contributed by atoms with Gasteiger partial charge in [0.1, 0.15) is 0 Å². The van der Waals surface area contributed by atoms with Crippen LogP contribution in [0.2, 0.25) is 0 Å². The van der Waals surface area contributed by atoms with Crippen molar-refractivity contribution in [2.24, 2.45) is 5.73 Å². The number of H-pyrrole nitrogens is 1. The van der Waals surface area contributed by atoms with Crippen LogP contribution in [-0.2, 0) is 6.42 Å². The van der Waals surface area contributed by atoms with Crippen molar-refractivity contribution in [3.05, 3.63) is 47.0 Å². The van der Waals surface area contributed by atoms with Crippen LogP contribution in [0.3, 0.4) is 0 Å². The van der Waals surface area contributed by atoms with E-state index in [9.17, 15) is 0 Å². The number of rotatable bonds is 4. The summed E-state index contributed by atoms with van der Waals surface area (Å²) in [4.78, 5) is 15.3. The quantitative estimate of drug-likeness (QED) is 0.754. The van der Waals surface area contributed by atoms with E-state index in [0.717, 1.165) is 15.7 Å². The van der Waals surface area contributed by atoms with Crippen LogP contribution in [0.4, 0.5) is 0 Å². The molecule has 0 fully saturated rings. The molecule has 8 heteroatoms. The molecule has 3 N–H and O–H groups in total. The number of nitrogens with zero attached hydrogens (tertiary/aromatic N) is 4. The number of imidazole rings is 1. The Bertz CT molecular complexity index is 696. The normalized spacial score (nSPS) is 12.5. The highest BCUT2D eigenvalue weighted by molar-refractivity contribution is 9.10. The first kappa shape index (κ1) is 12.9. The number of nitrogens with one attached hydrogen (secondary N) is 1. The Kier molecular flexibility index (Phi) is 3.57. The topological polar surface area (TPSA) is 107 Å². The highest BCUT2D eigenvalue weighted by Gasteiger charge is 2.17. The van der Waals surface area contributed by atoms with E-state index in [1.165, 1.54) is 0 Å². The second kappa shape index (κ2) is 5.51. The van der Waals surface area contributed by atoms with Gasteiger partial charge < -0.3 is 15.2 Å². The molecule has 0 saturated carbocycles. The molecule has 1 unspecified atom stereocenters. The van der Waals surface area contributed by atoms with Crippen molar-refractivity contribution in [1.82, 2.24) is 25.1 Å². The molecule has 102 valence electrons. The van der Waals surface area contributed by atoms with Crippen molar-refractivity contribution in [1.29, 1.82) is 0 Å². The number of pyridine rings is 1. The maximum atomic E-state index is 6.04. The minimum atomic E-state index is -0.378. The monoisotopic (exact) mass is 334 g/mol. The second-order valence-electron chi connectivity index (χ2n) is 4.24. The smallest absolute Gasteiger partial charge is 0.244 e. The van der Waals surface area contributed by atoms with E-state index in [1.54, 1.807) is 24.9 Å². The molecule has 0 aliphatic heterocycles. The summed E-state index contributed by atoms with van der Waals surface area (Å²) >= 11 is 3.35. The minimum absolute atomic E-state index is 0.378. The summed E-state index contributed by atoms with van der Waals surface area (Å²) in [5.74, 6) is 0.850. The van der Waals surface area contributed by atoms with Crippen molar-refractivity contribution >= 4 is 15.9 Å². The van der Waals surface area contributed by atoms with Crippen LogP contribution in [0, 0.1) is 0 Å². The number of hydrogen-bond acceptors (Lipinski definition) is 6. The van der Waals surface area contributed by atoms with E-state index in [1.807, 2.05) is 6.07 Å². The van der Waals surface area contributed by atoms with Gasteiger partial charge in [-0.1, -0.05) is 5.16 Å². The van der Waals surface area contributed by atoms with Gasteiger partial charge in [0.15, 0.2) is 0 Å². The average Bonchev–Trinajstić information content (AvgIpc) is 3.09. The van der Waals surface area contributed by atoms with Crippen molar-refractivity contribution in [3.63, 3.8) is 0 Å². The van der Waals surface area contributed by atoms with Gasteiger partial charge in [-0.3, -0.25) is 4.98 Å². The predicted octanol–water partition coefficient (Wildman–Crippen LogP) is 1.86. The third kappa shape index (κ3) is 2.75. The Morgan fingerprint density at radius 3 is 2.95 bits per heavy atom. The lowest BCUT2D eigenvalue weighted by molar-refractivity contribution is 0.354. The number of hydrogen-bond donors (Lipinski definition) is 2. The van der Waals surface area contributed by atoms with Crippen LogP contribution in [0.15, 0.2) is 40.0 Å². The predicted molar refractivity (Wildman–Crippen MR) is 74.4 cm³/mol. The van der Waals surface area contributed by atoms with Gasteiger partial charge in [0.2, 0.25) is 11.7 Å². The Morgan fingerprint density at radius 1 is 1.30 bits per heavy atom. The van der Waals surface area contributed by atoms with Gasteiger partial charge in [-0.2, -0.15) is 4.98 Å². The van der Waals surface area contributed by atoms with Crippen molar-refractivity contribution in [3.8, 4) is 11.4 Å². The van der Waals surface area contributed by atoms with E-state index < -0.39 is 0 Å². The number of nitrogens with two attached hydrogens (primary N) is 1. The lowest BCUT2D eigenvalue weighted by atomic mass is 10.2. The van der Waals surface area contributed by atoms with Crippen LogP contribution < -0.4 is 5.73 Å². The molecule has 0 aliphatic rings. The van der Waals surface area contributed by atoms with Crippen LogP contribution in [0.5, 0.6) is 0 Å². The average molecular weight is 335 g/mol. The van der Waals surface area contributed by atoms with E-state index in [0.29, 0.717) is 18.1 Å². The zero-order chi connectivity index (χ0) is 13.9. The fraction of sp³-hybridized carbons (Fsp3) is 0.167. The lowest BCUT2D eigenvalue weighted by Crippen LogP contribution is -2.13. The molecule has 0 amide bonds. The molecule has 3 aromatic heterocycles. The fourth-order valence-electron chi connectivity index (χ4n) is 1.76. The summed E-state index contributed by atoms with van der Waals surface area (Å²) < 4.78 is 6.06. The Balaban J connectivity index is 1.79. The molecule has 0 radical (unpaired) electrons. The van der Waals surface area contributed by atoms with Crippen molar-refractivity contribution in [2.45, 2.75) is 12.5 Å². The molecule has 1 atom stereocenters. The summed E-state index contributed by atoms with van der Waals surface area (Å²) in [5, 5.41) is 3.93. The molecule has 0 saturated heterocycles. The highest BCUT2D eigenvalue weighted by Crippen LogP contribution is 2.21. The van der Waals surface area contributed by atoms with Gasteiger partial charge in [0, 0.05) is 40.7 Å². The van der Waals surface area contributed by atoms with Crippen molar-refractivity contribution < 1.29 is 4.52 Å². The zero-order valence-electron chi connectivity index (χ0n) is 10.3. The maximum Gasteiger partial charge on any atom is 0.244 e. The van der Waals surface area contributed by atoms with Crippen LogP contribution in [0.1, 0.15) is 17.6 Å². The molecule has 20 heavy (non-hydrogen) atoms. The number of aromatic nitrogens is 5. The lowest BCUT2D eigenvalue weighted by Gasteiger charge is -2.03. The summed E-state index contributed by atoms with van der Waals surface area (Å²) in [6.45, 7) is 0. The number of aromatic amines is 1. The first-order chi connectivity index (χ1) is 9.72. The van der Waals surface area contributed by atoms with Gasteiger partial charge in [-0.25, -0.2) is 4.98 Å². The molecule has 0 aromatic carbocycles. The van der Waals surface area contributed by atoms with E-state index in [-0.39, 0.29) is 6.04 Å². The number of halogens is 1. The molecule has 3 rings (SSSR count). The third-order valence-corrected chi connectivity index (χ3v) is 3.15. The summed E-state index contributed by atoms with van der Waals surface area (Å²) in [5.41, 5.74) is 7.72. The molecule has 0 bridgehead atoms. The standard InChI is InChI=1S/C12H11BrN6O/c13-8-1-7(3-15-4-8)11-18-12(20-19-11)10(14)2-9-5-16-6-17-9/h1,3-6,10H,2,14H2,(H,16,17). The van der Waals surface area contributed by atoms with E-state index in [4.69, 9.17) is 10.3 Å². The van der Waals surface area contributed by atoms with Crippen LogP contribution >= 0.6 is 15.9 Å². The molecule has 0 spiro atoms. The molecular formula is C12H11BrN6O. The first-order valence-electron chi connectivity index (χ1n) is 5.90. The molecular weight excluding hydrogens is 324 g/mol.